The van der Waals surface area contributed by atoms with E-state index in [-0.39, 0.29) is 31.7 Å². The van der Waals surface area contributed by atoms with E-state index < -0.39 is 5.09 Å². The van der Waals surface area contributed by atoms with Gasteiger partial charge in [-0.25, -0.2) is 0 Å². The van der Waals surface area contributed by atoms with E-state index in [9.17, 15) is 0 Å². The van der Waals surface area contributed by atoms with Gasteiger partial charge in [-0.05, 0) is 0 Å². The molecule has 0 unspecified atom stereocenters. The van der Waals surface area contributed by atoms with Crippen molar-refractivity contribution in [2.24, 2.45) is 0 Å². The molecular weight excluding hydrogens is 184 g/mol. The third-order valence-corrected chi connectivity index (χ3v) is 0. The molecule has 0 saturated heterocycles. The van der Waals surface area contributed by atoms with Crippen molar-refractivity contribution in [3.8, 4) is 0 Å². The molecule has 9 nitrogen and oxygen atoms in total. The highest BCUT2D eigenvalue weighted by atomic mass is 16.9. The molecule has 0 saturated carbocycles. The summed E-state index contributed by atoms with van der Waals surface area (Å²) in [4.78, 5) is 8.25. The van der Waals surface area contributed by atoms with Crippen LogP contribution in [-0.2, 0) is 0 Å². The van der Waals surface area contributed by atoms with Crippen LogP contribution in [0.1, 0.15) is 13.8 Å². The van der Waals surface area contributed by atoms with Gasteiger partial charge < -0.3 is 44.0 Å². The molecule has 0 radical (unpaired) electrons. The molecular formula is C4H22N4O5. The first-order valence-electron chi connectivity index (χ1n) is 2.54. The van der Waals surface area contributed by atoms with Crippen LogP contribution in [0.15, 0.2) is 0 Å². The van der Waals surface area contributed by atoms with Gasteiger partial charge in [0, 0.05) is 0 Å². The van der Waals surface area contributed by atoms with Crippen molar-refractivity contribution in [3.63, 3.8) is 0 Å². The van der Waals surface area contributed by atoms with Gasteiger partial charge >= 0.3 is 0 Å². The van der Waals surface area contributed by atoms with E-state index >= 15 is 0 Å². The summed E-state index contributed by atoms with van der Waals surface area (Å²) < 4.78 is 0. The summed E-state index contributed by atoms with van der Waals surface area (Å²) in [5, 5.41) is 32.6. The molecule has 88 valence electrons. The smallest absolute Gasteiger partial charge is 0.0689 e. The zero-order valence-corrected chi connectivity index (χ0v) is 8.90. The molecule has 0 rings (SSSR count). The zero-order valence-electron chi connectivity index (χ0n) is 8.90. The van der Waals surface area contributed by atoms with Crippen LogP contribution in [0.5, 0.6) is 0 Å². The number of rotatable bonds is 0. The van der Waals surface area contributed by atoms with E-state index in [0.29, 0.717) is 0 Å². The van der Waals surface area contributed by atoms with Crippen LogP contribution in [0, 0.1) is 15.3 Å². The minimum atomic E-state index is -1.75. The van der Waals surface area contributed by atoms with Gasteiger partial charge in [-0.1, -0.05) is 13.8 Å². The van der Waals surface area contributed by atoms with Gasteiger partial charge in [0.05, 0.1) is 5.09 Å². The van der Waals surface area contributed by atoms with Gasteiger partial charge in [0.2, 0.25) is 0 Å². The van der Waals surface area contributed by atoms with Gasteiger partial charge in [0.1, 0.15) is 0 Å². The van der Waals surface area contributed by atoms with Gasteiger partial charge in [0.25, 0.3) is 0 Å². The number of quaternary nitrogens is 3. The van der Waals surface area contributed by atoms with Crippen molar-refractivity contribution >= 4 is 0 Å². The van der Waals surface area contributed by atoms with Crippen LogP contribution in [0.3, 0.4) is 0 Å². The van der Waals surface area contributed by atoms with E-state index in [0.717, 1.165) is 0 Å². The highest BCUT2D eigenvalue weighted by Crippen LogP contribution is 1.44. The summed E-state index contributed by atoms with van der Waals surface area (Å²) in [7, 11) is 0. The van der Waals surface area contributed by atoms with Crippen LogP contribution in [0.2, 0.25) is 0 Å². The largest absolute Gasteiger partial charge is 0.855 e. The maximum absolute atomic E-state index is 8.93. The normalized spacial score (nSPS) is 4.62. The second kappa shape index (κ2) is 68.8. The Balaban J connectivity index is -0.0000000128. The first-order valence-corrected chi connectivity index (χ1v) is 2.54. The summed E-state index contributed by atoms with van der Waals surface area (Å²) in [5.74, 6) is 0. The molecule has 12 N–H and O–H groups in total. The summed E-state index contributed by atoms with van der Waals surface area (Å²) in [6.07, 6.45) is 0. The number of nitrogens with zero attached hydrogens (tertiary/aromatic N) is 1. The first kappa shape index (κ1) is 40.3. The fourth-order valence-electron chi connectivity index (χ4n) is 0. The first-order chi connectivity index (χ1) is 4.56. The standard InChI is InChI=1S/2C2H5O.NO3.3H3N/c2*1-2-3;2-1(3)4;;;/h2*2H2,1H3;;3*1H3/q3*-1;;;/p+3. The van der Waals surface area contributed by atoms with Crippen LogP contribution in [0.4, 0.5) is 0 Å². The number of hydrogen-bond acceptors (Lipinski definition) is 5. The quantitative estimate of drug-likeness (QED) is 0.354. The second-order valence-corrected chi connectivity index (χ2v) is 0.801. The molecule has 0 amide bonds. The SMILES string of the molecule is CC[O-].CC[O-].O=[N+]([O-])[O-].[NH4+].[NH4+].[NH4+]. The molecule has 0 aliphatic carbocycles. The lowest BCUT2D eigenvalue weighted by Gasteiger charge is -1.79. The van der Waals surface area contributed by atoms with Crippen molar-refractivity contribution in [2.75, 3.05) is 13.2 Å². The predicted octanol–water partition coefficient (Wildman–Crippen LogP) is -0.377. The molecule has 0 aromatic rings. The average molecular weight is 206 g/mol. The fourth-order valence-corrected chi connectivity index (χ4v) is 0. The van der Waals surface area contributed by atoms with E-state index in [1.54, 1.807) is 13.8 Å². The van der Waals surface area contributed by atoms with Gasteiger partial charge in [-0.15, -0.1) is 13.2 Å². The third-order valence-electron chi connectivity index (χ3n) is 0. The van der Waals surface area contributed by atoms with Crippen molar-refractivity contribution < 1.29 is 15.3 Å². The highest BCUT2D eigenvalue weighted by molar-refractivity contribution is 4.03. The van der Waals surface area contributed by atoms with Gasteiger partial charge in [0.15, 0.2) is 0 Å². The third kappa shape index (κ3) is 891. The lowest BCUT2D eigenvalue weighted by molar-refractivity contribution is -0.402. The number of hydrogen-bond donors (Lipinski definition) is 3. The predicted molar refractivity (Wildman–Crippen MR) is 49.4 cm³/mol. The molecule has 9 heteroatoms. The topological polar surface area (TPSA) is 222 Å². The summed E-state index contributed by atoms with van der Waals surface area (Å²) in [6.45, 7) is 3.14. The highest BCUT2D eigenvalue weighted by Gasteiger charge is 1.45. The molecule has 0 atom stereocenters. The van der Waals surface area contributed by atoms with E-state index in [2.05, 4.69) is 0 Å². The molecule has 0 aromatic carbocycles. The Morgan fingerprint density at radius 3 is 0.923 bits per heavy atom. The van der Waals surface area contributed by atoms with E-state index in [1.807, 2.05) is 0 Å². The van der Waals surface area contributed by atoms with Crippen LogP contribution >= 0.6 is 0 Å². The van der Waals surface area contributed by atoms with Crippen LogP contribution in [0.25, 0.3) is 0 Å². The maximum atomic E-state index is 8.93. The minimum absolute atomic E-state index is 0. The van der Waals surface area contributed by atoms with Gasteiger partial charge in [-0.3, -0.25) is 0 Å². The van der Waals surface area contributed by atoms with Crippen LogP contribution < -0.4 is 28.7 Å². The Morgan fingerprint density at radius 1 is 0.923 bits per heavy atom. The summed E-state index contributed by atoms with van der Waals surface area (Å²) in [5.41, 5.74) is 0. The fraction of sp³-hybridized carbons (Fsp3) is 1.00. The molecule has 0 aliphatic rings. The van der Waals surface area contributed by atoms with Crippen molar-refractivity contribution in [1.29, 1.82) is 0 Å². The minimum Gasteiger partial charge on any atom is -0.855 e. The van der Waals surface area contributed by atoms with Crippen LogP contribution in [-0.4, -0.2) is 18.3 Å². The van der Waals surface area contributed by atoms with E-state index in [4.69, 9.17) is 25.5 Å². The zero-order chi connectivity index (χ0) is 8.99. The second-order valence-electron chi connectivity index (χ2n) is 0.801. The maximum Gasteiger partial charge on any atom is 0.0689 e. The molecule has 0 bridgehead atoms. The van der Waals surface area contributed by atoms with E-state index in [1.165, 1.54) is 0 Å². The molecule has 0 aliphatic heterocycles. The Hall–Kier alpha value is -1.00. The molecule has 0 heterocycles. The Kier molecular flexibility index (Phi) is 213. The Labute approximate surface area is 77.2 Å². The lowest BCUT2D eigenvalue weighted by Crippen LogP contribution is -1.97. The van der Waals surface area contributed by atoms with Gasteiger partial charge in [-0.2, -0.15) is 0 Å². The molecule has 0 spiro atoms. The molecule has 13 heavy (non-hydrogen) atoms. The monoisotopic (exact) mass is 206 g/mol. The Morgan fingerprint density at radius 2 is 0.923 bits per heavy atom. The van der Waals surface area contributed by atoms with Crippen molar-refractivity contribution in [1.82, 2.24) is 18.5 Å². The summed E-state index contributed by atoms with van der Waals surface area (Å²) in [6, 6.07) is 0. The van der Waals surface area contributed by atoms with Crippen molar-refractivity contribution in [2.45, 2.75) is 13.8 Å². The average Bonchev–Trinajstić information content (AvgIpc) is 1.65. The lowest BCUT2D eigenvalue weighted by atomic mass is 10.9. The Bertz CT molecular complexity index is 58.5. The summed E-state index contributed by atoms with van der Waals surface area (Å²) >= 11 is 0. The molecule has 0 aromatic heterocycles. The molecule has 0 fully saturated rings. The van der Waals surface area contributed by atoms with Crippen molar-refractivity contribution in [3.05, 3.63) is 15.3 Å².